The van der Waals surface area contributed by atoms with Crippen molar-refractivity contribution < 1.29 is 13.5 Å². The number of aromatic nitrogens is 1. The van der Waals surface area contributed by atoms with Gasteiger partial charge in [-0.3, -0.25) is 4.98 Å². The Hall–Kier alpha value is -1.68. The van der Waals surface area contributed by atoms with Crippen molar-refractivity contribution in [3.63, 3.8) is 0 Å². The van der Waals surface area contributed by atoms with Crippen LogP contribution in [0.4, 0.5) is 8.78 Å². The van der Waals surface area contributed by atoms with Crippen molar-refractivity contribution in [2.75, 3.05) is 0 Å². The summed E-state index contributed by atoms with van der Waals surface area (Å²) in [5.41, 5.74) is 1.78. The van der Waals surface area contributed by atoms with E-state index >= 15 is 0 Å². The molecule has 2 rings (SSSR count). The fourth-order valence-corrected chi connectivity index (χ4v) is 2.04. The lowest BCUT2D eigenvalue weighted by Gasteiger charge is -2.12. The minimum Gasteiger partial charge on any atom is -0.435 e. The monoisotopic (exact) mass is 283 g/mol. The molecule has 1 atom stereocenters. The molecule has 2 nitrogen and oxygen atoms in total. The number of nitrogens with zero attached hydrogens (tertiary/aromatic N) is 1. The highest BCUT2D eigenvalue weighted by Crippen LogP contribution is 2.28. The molecular weight excluding hydrogens is 272 g/mol. The van der Waals surface area contributed by atoms with Crippen LogP contribution < -0.4 is 4.74 Å². The van der Waals surface area contributed by atoms with Crippen LogP contribution in [0.1, 0.15) is 16.5 Å². The van der Waals surface area contributed by atoms with Gasteiger partial charge in [-0.2, -0.15) is 8.78 Å². The van der Waals surface area contributed by atoms with E-state index in [1.807, 2.05) is 12.1 Å². The van der Waals surface area contributed by atoms with E-state index in [1.165, 1.54) is 12.1 Å². The molecule has 0 bridgehead atoms. The quantitative estimate of drug-likeness (QED) is 0.767. The molecule has 0 fully saturated rings. The summed E-state index contributed by atoms with van der Waals surface area (Å²) >= 11 is 6.29. The highest BCUT2D eigenvalue weighted by Gasteiger charge is 2.11. The Balaban J connectivity index is 2.08. The Morgan fingerprint density at radius 1 is 1.16 bits per heavy atom. The van der Waals surface area contributed by atoms with Crippen LogP contribution in [0.25, 0.3) is 0 Å². The van der Waals surface area contributed by atoms with Crippen LogP contribution in [0.3, 0.4) is 0 Å². The number of benzene rings is 1. The second-order valence-electron chi connectivity index (χ2n) is 3.98. The maximum Gasteiger partial charge on any atom is 0.387 e. The Kier molecular flexibility index (Phi) is 4.68. The predicted molar refractivity (Wildman–Crippen MR) is 69.6 cm³/mol. The highest BCUT2D eigenvalue weighted by molar-refractivity contribution is 6.20. The van der Waals surface area contributed by atoms with E-state index in [1.54, 1.807) is 24.5 Å². The molecule has 1 aromatic carbocycles. The first-order chi connectivity index (χ1) is 9.15. The number of alkyl halides is 3. The molecule has 0 aliphatic rings. The number of rotatable bonds is 5. The maximum atomic E-state index is 12.1. The van der Waals surface area contributed by atoms with E-state index in [2.05, 4.69) is 9.72 Å². The Labute approximate surface area is 115 Å². The molecule has 0 amide bonds. The molecule has 0 aliphatic heterocycles. The van der Waals surface area contributed by atoms with Gasteiger partial charge in [0.1, 0.15) is 5.75 Å². The van der Waals surface area contributed by atoms with E-state index in [9.17, 15) is 8.78 Å². The van der Waals surface area contributed by atoms with Gasteiger partial charge in [0.25, 0.3) is 0 Å². The summed E-state index contributed by atoms with van der Waals surface area (Å²) in [4.78, 5) is 3.93. The highest BCUT2D eigenvalue weighted by atomic mass is 35.5. The second kappa shape index (κ2) is 6.48. The molecular formula is C14H12ClF2NO. The lowest BCUT2D eigenvalue weighted by molar-refractivity contribution is -0.0498. The van der Waals surface area contributed by atoms with E-state index in [0.29, 0.717) is 6.42 Å². The van der Waals surface area contributed by atoms with Crippen LogP contribution in [0.2, 0.25) is 0 Å². The Morgan fingerprint density at radius 2 is 1.89 bits per heavy atom. The summed E-state index contributed by atoms with van der Waals surface area (Å²) < 4.78 is 28.6. The summed E-state index contributed by atoms with van der Waals surface area (Å²) in [6.45, 7) is -2.83. The molecule has 0 radical (unpaired) electrons. The molecule has 2 aromatic rings. The van der Waals surface area contributed by atoms with E-state index in [0.717, 1.165) is 11.1 Å². The molecule has 1 aromatic heterocycles. The average Bonchev–Trinajstić information content (AvgIpc) is 2.39. The first-order valence-electron chi connectivity index (χ1n) is 5.73. The third-order valence-corrected chi connectivity index (χ3v) is 3.02. The van der Waals surface area contributed by atoms with Gasteiger partial charge in [0, 0.05) is 12.4 Å². The van der Waals surface area contributed by atoms with E-state index in [4.69, 9.17) is 11.6 Å². The molecule has 0 saturated heterocycles. The molecule has 5 heteroatoms. The zero-order valence-corrected chi connectivity index (χ0v) is 10.7. The van der Waals surface area contributed by atoms with Gasteiger partial charge in [-0.1, -0.05) is 12.1 Å². The van der Waals surface area contributed by atoms with Crippen molar-refractivity contribution in [2.24, 2.45) is 0 Å². The maximum absolute atomic E-state index is 12.1. The number of hydrogen-bond acceptors (Lipinski definition) is 2. The minimum atomic E-state index is -2.83. The molecule has 0 spiro atoms. The zero-order valence-electron chi connectivity index (χ0n) is 9.97. The average molecular weight is 284 g/mol. The van der Waals surface area contributed by atoms with Crippen molar-refractivity contribution in [1.82, 2.24) is 4.98 Å². The number of pyridine rings is 1. The van der Waals surface area contributed by atoms with Gasteiger partial charge in [0.2, 0.25) is 0 Å². The van der Waals surface area contributed by atoms with Crippen LogP contribution >= 0.6 is 11.6 Å². The van der Waals surface area contributed by atoms with E-state index in [-0.39, 0.29) is 11.1 Å². The molecule has 0 N–H and O–H groups in total. The van der Waals surface area contributed by atoms with Gasteiger partial charge in [0.15, 0.2) is 0 Å². The fraction of sp³-hybridized carbons (Fsp3) is 0.214. The number of ether oxygens (including phenoxy) is 1. The minimum absolute atomic E-state index is 0.118. The SMILES string of the molecule is FC(F)Oc1cccc(C(Cl)Cc2ccncc2)c1. The summed E-state index contributed by atoms with van der Waals surface area (Å²) in [7, 11) is 0. The third-order valence-electron chi connectivity index (χ3n) is 2.61. The first-order valence-corrected chi connectivity index (χ1v) is 6.16. The van der Waals surface area contributed by atoms with Gasteiger partial charge in [-0.05, 0) is 41.8 Å². The van der Waals surface area contributed by atoms with Crippen molar-refractivity contribution in [3.8, 4) is 5.75 Å². The topological polar surface area (TPSA) is 22.1 Å². The van der Waals surface area contributed by atoms with Gasteiger partial charge < -0.3 is 4.74 Å². The van der Waals surface area contributed by atoms with Crippen LogP contribution in [0.5, 0.6) is 5.75 Å². The van der Waals surface area contributed by atoms with Gasteiger partial charge in [-0.15, -0.1) is 11.6 Å². The zero-order chi connectivity index (χ0) is 13.7. The molecule has 100 valence electrons. The van der Waals surface area contributed by atoms with Crippen molar-refractivity contribution >= 4 is 11.6 Å². The van der Waals surface area contributed by atoms with E-state index < -0.39 is 6.61 Å². The molecule has 19 heavy (non-hydrogen) atoms. The summed E-state index contributed by atoms with van der Waals surface area (Å²) in [6, 6.07) is 10.2. The van der Waals surface area contributed by atoms with Crippen LogP contribution in [-0.2, 0) is 6.42 Å². The summed E-state index contributed by atoms with van der Waals surface area (Å²) in [5.74, 6) is 0.118. The Bertz CT molecular complexity index is 522. The van der Waals surface area contributed by atoms with Crippen molar-refractivity contribution in [2.45, 2.75) is 18.4 Å². The summed E-state index contributed by atoms with van der Waals surface area (Å²) in [5, 5.41) is -0.302. The van der Waals surface area contributed by atoms with Crippen molar-refractivity contribution in [1.29, 1.82) is 0 Å². The van der Waals surface area contributed by atoms with Gasteiger partial charge in [0.05, 0.1) is 5.38 Å². The van der Waals surface area contributed by atoms with Crippen LogP contribution in [-0.4, -0.2) is 11.6 Å². The van der Waals surface area contributed by atoms with Crippen LogP contribution in [0.15, 0.2) is 48.8 Å². The number of hydrogen-bond donors (Lipinski definition) is 0. The van der Waals surface area contributed by atoms with Gasteiger partial charge in [-0.25, -0.2) is 0 Å². The lowest BCUT2D eigenvalue weighted by Crippen LogP contribution is -2.03. The van der Waals surface area contributed by atoms with Crippen molar-refractivity contribution in [3.05, 3.63) is 59.9 Å². The van der Waals surface area contributed by atoms with Crippen LogP contribution in [0, 0.1) is 0 Å². The largest absolute Gasteiger partial charge is 0.435 e. The first kappa shape index (κ1) is 13.7. The molecule has 1 heterocycles. The lowest BCUT2D eigenvalue weighted by atomic mass is 10.0. The molecule has 0 saturated carbocycles. The van der Waals surface area contributed by atoms with Gasteiger partial charge >= 0.3 is 6.61 Å². The number of halogens is 3. The smallest absolute Gasteiger partial charge is 0.387 e. The Morgan fingerprint density at radius 3 is 2.58 bits per heavy atom. The second-order valence-corrected chi connectivity index (χ2v) is 4.50. The molecule has 0 aliphatic carbocycles. The normalized spacial score (nSPS) is 12.4. The summed E-state index contributed by atoms with van der Waals surface area (Å²) in [6.07, 6.45) is 3.98. The fourth-order valence-electron chi connectivity index (χ4n) is 1.73. The molecule has 1 unspecified atom stereocenters. The standard InChI is InChI=1S/C14H12ClF2NO/c15-13(8-10-4-6-18-7-5-10)11-2-1-3-12(9-11)19-14(16)17/h1-7,9,13-14H,8H2. The third kappa shape index (κ3) is 4.17. The predicted octanol–water partition coefficient (Wildman–Crippen LogP) is 4.21.